The molecule has 0 aromatic rings. The fourth-order valence-corrected chi connectivity index (χ4v) is 1.52. The summed E-state index contributed by atoms with van der Waals surface area (Å²) in [7, 11) is 0. The van der Waals surface area contributed by atoms with Crippen LogP contribution in [0.4, 0.5) is 0 Å². The van der Waals surface area contributed by atoms with Crippen LogP contribution < -0.4 is 5.32 Å². The zero-order valence-corrected chi connectivity index (χ0v) is 9.43. The van der Waals surface area contributed by atoms with Gasteiger partial charge in [0.2, 0.25) is 5.91 Å². The standard InChI is InChI=1S/C11H17NO4/c1-3-4-5-9(13)12-8-6-16-7(2)10(14)11(8)15/h7-8,10-11,14-15H,5-6H2,1-2H3,(H,12,13)/t7-,8-,10+,11-/m1/s1. The van der Waals surface area contributed by atoms with Gasteiger partial charge in [-0.25, -0.2) is 0 Å². The molecule has 1 saturated heterocycles. The van der Waals surface area contributed by atoms with Gasteiger partial charge in [0.05, 0.1) is 25.2 Å². The average molecular weight is 227 g/mol. The van der Waals surface area contributed by atoms with Gasteiger partial charge in [-0.05, 0) is 13.8 Å². The number of amides is 1. The molecule has 1 fully saturated rings. The van der Waals surface area contributed by atoms with Crippen molar-refractivity contribution in [2.24, 2.45) is 0 Å². The van der Waals surface area contributed by atoms with Gasteiger partial charge in [-0.15, -0.1) is 5.92 Å². The number of hydrogen-bond donors (Lipinski definition) is 3. The first-order valence-corrected chi connectivity index (χ1v) is 5.23. The van der Waals surface area contributed by atoms with Gasteiger partial charge in [-0.3, -0.25) is 4.79 Å². The molecule has 0 aliphatic carbocycles. The van der Waals surface area contributed by atoms with Gasteiger partial charge in [0.25, 0.3) is 0 Å². The molecule has 0 bridgehead atoms. The van der Waals surface area contributed by atoms with Gasteiger partial charge < -0.3 is 20.3 Å². The summed E-state index contributed by atoms with van der Waals surface area (Å²) >= 11 is 0. The molecule has 0 radical (unpaired) electrons. The number of carbonyl (C=O) groups excluding carboxylic acids is 1. The van der Waals surface area contributed by atoms with Crippen molar-refractivity contribution in [1.29, 1.82) is 0 Å². The molecule has 5 heteroatoms. The highest BCUT2D eigenvalue weighted by Gasteiger charge is 2.36. The fraction of sp³-hybridized carbons (Fsp3) is 0.727. The van der Waals surface area contributed by atoms with E-state index < -0.39 is 24.4 Å². The lowest BCUT2D eigenvalue weighted by Gasteiger charge is -2.36. The van der Waals surface area contributed by atoms with E-state index in [9.17, 15) is 15.0 Å². The number of rotatable bonds is 2. The summed E-state index contributed by atoms with van der Waals surface area (Å²) in [6.45, 7) is 3.52. The lowest BCUT2D eigenvalue weighted by atomic mass is 9.99. The summed E-state index contributed by atoms with van der Waals surface area (Å²) in [6, 6.07) is -0.572. The molecule has 1 rings (SSSR count). The van der Waals surface area contributed by atoms with Crippen molar-refractivity contribution < 1.29 is 19.7 Å². The molecular weight excluding hydrogens is 210 g/mol. The van der Waals surface area contributed by atoms with Crippen molar-refractivity contribution in [3.05, 3.63) is 0 Å². The highest BCUT2D eigenvalue weighted by Crippen LogP contribution is 2.14. The number of ether oxygens (including phenoxy) is 1. The Bertz CT molecular complexity index is 307. The fourth-order valence-electron chi connectivity index (χ4n) is 1.52. The smallest absolute Gasteiger partial charge is 0.232 e. The number of aliphatic hydroxyl groups is 2. The molecule has 1 aliphatic rings. The third-order valence-electron chi connectivity index (χ3n) is 2.55. The van der Waals surface area contributed by atoms with Crippen molar-refractivity contribution in [1.82, 2.24) is 5.32 Å². The zero-order chi connectivity index (χ0) is 12.1. The van der Waals surface area contributed by atoms with Crippen LogP contribution >= 0.6 is 0 Å². The van der Waals surface area contributed by atoms with Gasteiger partial charge in [0.15, 0.2) is 0 Å². The van der Waals surface area contributed by atoms with Crippen molar-refractivity contribution in [2.75, 3.05) is 6.61 Å². The topological polar surface area (TPSA) is 78.8 Å². The number of aliphatic hydroxyl groups excluding tert-OH is 2. The summed E-state index contributed by atoms with van der Waals surface area (Å²) < 4.78 is 5.22. The monoisotopic (exact) mass is 227 g/mol. The average Bonchev–Trinajstić information content (AvgIpc) is 2.27. The first-order chi connectivity index (χ1) is 7.56. The van der Waals surface area contributed by atoms with Crippen LogP contribution in [0.3, 0.4) is 0 Å². The molecule has 1 amide bonds. The van der Waals surface area contributed by atoms with Crippen molar-refractivity contribution >= 4 is 5.91 Å². The molecule has 1 aliphatic heterocycles. The lowest BCUT2D eigenvalue weighted by molar-refractivity contribution is -0.149. The van der Waals surface area contributed by atoms with Gasteiger partial charge in [0.1, 0.15) is 12.2 Å². The Morgan fingerprint density at radius 1 is 1.50 bits per heavy atom. The van der Waals surface area contributed by atoms with Crippen LogP contribution in [0.25, 0.3) is 0 Å². The Hall–Kier alpha value is -1.09. The molecule has 0 aromatic carbocycles. The Morgan fingerprint density at radius 2 is 2.19 bits per heavy atom. The molecule has 0 saturated carbocycles. The second-order valence-electron chi connectivity index (χ2n) is 3.80. The second-order valence-corrected chi connectivity index (χ2v) is 3.80. The highest BCUT2D eigenvalue weighted by atomic mass is 16.5. The van der Waals surface area contributed by atoms with Crippen molar-refractivity contribution in [2.45, 2.75) is 44.6 Å². The van der Waals surface area contributed by atoms with E-state index in [1.54, 1.807) is 13.8 Å². The van der Waals surface area contributed by atoms with E-state index in [0.717, 1.165) is 0 Å². The maximum atomic E-state index is 11.3. The molecule has 5 nitrogen and oxygen atoms in total. The van der Waals surface area contributed by atoms with Crippen molar-refractivity contribution in [3.8, 4) is 11.8 Å². The van der Waals surface area contributed by atoms with Crippen LogP contribution in [0.5, 0.6) is 0 Å². The first-order valence-electron chi connectivity index (χ1n) is 5.23. The van der Waals surface area contributed by atoms with Gasteiger partial charge in [-0.2, -0.15) is 0 Å². The minimum absolute atomic E-state index is 0.0887. The van der Waals surface area contributed by atoms with Crippen LogP contribution in [0, 0.1) is 11.8 Å². The Kier molecular flexibility index (Phi) is 4.74. The molecule has 0 spiro atoms. The van der Waals surface area contributed by atoms with E-state index in [1.807, 2.05) is 0 Å². The van der Waals surface area contributed by atoms with Crippen LogP contribution in [0.15, 0.2) is 0 Å². The molecule has 0 unspecified atom stereocenters. The molecule has 1 heterocycles. The third kappa shape index (κ3) is 3.20. The highest BCUT2D eigenvalue weighted by molar-refractivity contribution is 5.78. The maximum absolute atomic E-state index is 11.3. The normalized spacial score (nSPS) is 33.8. The van der Waals surface area contributed by atoms with Crippen LogP contribution in [-0.2, 0) is 9.53 Å². The van der Waals surface area contributed by atoms with Gasteiger partial charge >= 0.3 is 0 Å². The molecule has 3 N–H and O–H groups in total. The van der Waals surface area contributed by atoms with Crippen LogP contribution in [0.2, 0.25) is 0 Å². The summed E-state index contributed by atoms with van der Waals surface area (Å²) in [5, 5.41) is 21.8. The Balaban J connectivity index is 2.47. The summed E-state index contributed by atoms with van der Waals surface area (Å²) in [6.07, 6.45) is -2.30. The predicted octanol–water partition coefficient (Wildman–Crippen LogP) is -0.975. The van der Waals surface area contributed by atoms with Gasteiger partial charge in [0, 0.05) is 0 Å². The number of carbonyl (C=O) groups is 1. The third-order valence-corrected chi connectivity index (χ3v) is 2.55. The Morgan fingerprint density at radius 3 is 2.81 bits per heavy atom. The van der Waals surface area contributed by atoms with Crippen molar-refractivity contribution in [3.63, 3.8) is 0 Å². The predicted molar refractivity (Wildman–Crippen MR) is 57.4 cm³/mol. The van der Waals surface area contributed by atoms with E-state index in [1.165, 1.54) is 0 Å². The van der Waals surface area contributed by atoms with E-state index in [2.05, 4.69) is 17.2 Å². The van der Waals surface area contributed by atoms with Crippen LogP contribution in [0.1, 0.15) is 20.3 Å². The number of hydrogen-bond acceptors (Lipinski definition) is 4. The quantitative estimate of drug-likeness (QED) is 0.530. The Labute approximate surface area is 94.8 Å². The molecule has 90 valence electrons. The summed E-state index contributed by atoms with van der Waals surface area (Å²) in [5.41, 5.74) is 0. The number of nitrogens with one attached hydrogen (secondary N) is 1. The molecule has 4 atom stereocenters. The van der Waals surface area contributed by atoms with Gasteiger partial charge in [-0.1, -0.05) is 5.92 Å². The second kappa shape index (κ2) is 5.85. The minimum Gasteiger partial charge on any atom is -0.388 e. The summed E-state index contributed by atoms with van der Waals surface area (Å²) in [4.78, 5) is 11.3. The largest absolute Gasteiger partial charge is 0.388 e. The molecular formula is C11H17NO4. The molecule has 0 aromatic heterocycles. The van der Waals surface area contributed by atoms with Crippen LogP contribution in [-0.4, -0.2) is 47.1 Å². The summed E-state index contributed by atoms with van der Waals surface area (Å²) in [5.74, 6) is 4.96. The molecule has 16 heavy (non-hydrogen) atoms. The SMILES string of the molecule is CC#CCC(=O)N[C@@H]1CO[C@H](C)[C@H](O)[C@@H]1O. The van der Waals surface area contributed by atoms with E-state index >= 15 is 0 Å². The van der Waals surface area contributed by atoms with E-state index in [0.29, 0.717) is 0 Å². The maximum Gasteiger partial charge on any atom is 0.232 e. The minimum atomic E-state index is -0.998. The lowest BCUT2D eigenvalue weighted by Crippen LogP contribution is -2.58. The first kappa shape index (κ1) is 13.0. The van der Waals surface area contributed by atoms with E-state index in [4.69, 9.17) is 4.74 Å². The zero-order valence-electron chi connectivity index (χ0n) is 9.43. The van der Waals surface area contributed by atoms with E-state index in [-0.39, 0.29) is 18.9 Å².